The van der Waals surface area contributed by atoms with E-state index in [-0.39, 0.29) is 12.1 Å². The predicted molar refractivity (Wildman–Crippen MR) is 66.2 cm³/mol. The first-order valence-corrected chi connectivity index (χ1v) is 6.80. The third-order valence-electron chi connectivity index (χ3n) is 4.46. The highest BCUT2D eigenvalue weighted by Crippen LogP contribution is 2.34. The van der Waals surface area contributed by atoms with Gasteiger partial charge in [0.05, 0.1) is 6.61 Å². The maximum Gasteiger partial charge on any atom is 0.0611 e. The molecule has 3 N–H and O–H groups in total. The summed E-state index contributed by atoms with van der Waals surface area (Å²) in [7, 11) is 0. The highest BCUT2D eigenvalue weighted by atomic mass is 16.3. The van der Waals surface area contributed by atoms with Crippen LogP contribution in [0, 0.1) is 5.92 Å². The van der Waals surface area contributed by atoms with Crippen LogP contribution in [-0.4, -0.2) is 41.3 Å². The van der Waals surface area contributed by atoms with Gasteiger partial charge >= 0.3 is 0 Å². The zero-order valence-electron chi connectivity index (χ0n) is 10.5. The molecule has 2 aliphatic rings. The molecular weight excluding hydrogens is 200 g/mol. The van der Waals surface area contributed by atoms with Crippen molar-refractivity contribution in [2.24, 2.45) is 11.7 Å². The summed E-state index contributed by atoms with van der Waals surface area (Å²) in [5.41, 5.74) is 5.85. The lowest BCUT2D eigenvalue weighted by Gasteiger charge is -2.26. The van der Waals surface area contributed by atoms with Gasteiger partial charge in [0.25, 0.3) is 0 Å². The highest BCUT2D eigenvalue weighted by molar-refractivity contribution is 4.98. The van der Waals surface area contributed by atoms with Crippen molar-refractivity contribution >= 4 is 0 Å². The Morgan fingerprint density at radius 2 is 2.25 bits per heavy atom. The van der Waals surface area contributed by atoms with Crippen LogP contribution in [0.4, 0.5) is 0 Å². The Bertz CT molecular complexity index is 234. The summed E-state index contributed by atoms with van der Waals surface area (Å²) in [6.45, 7) is 4.93. The normalized spacial score (nSPS) is 40.7. The third-order valence-corrected chi connectivity index (χ3v) is 4.46. The number of aliphatic hydroxyl groups excluding tert-OH is 1. The summed E-state index contributed by atoms with van der Waals surface area (Å²) in [6.07, 6.45) is 7.19. The monoisotopic (exact) mass is 226 g/mol. The molecule has 0 radical (unpaired) electrons. The molecule has 3 nitrogen and oxygen atoms in total. The van der Waals surface area contributed by atoms with Gasteiger partial charge in [-0.3, -0.25) is 0 Å². The Morgan fingerprint density at radius 3 is 2.88 bits per heavy atom. The van der Waals surface area contributed by atoms with Gasteiger partial charge in [-0.15, -0.1) is 0 Å². The van der Waals surface area contributed by atoms with Crippen LogP contribution in [0.15, 0.2) is 0 Å². The van der Waals surface area contributed by atoms with E-state index in [1.54, 1.807) is 0 Å². The quantitative estimate of drug-likeness (QED) is 0.761. The second-order valence-electron chi connectivity index (χ2n) is 5.86. The van der Waals surface area contributed by atoms with E-state index in [9.17, 15) is 5.11 Å². The zero-order chi connectivity index (χ0) is 11.6. The minimum Gasteiger partial charge on any atom is -0.394 e. The van der Waals surface area contributed by atoms with Crippen molar-refractivity contribution in [1.29, 1.82) is 0 Å². The topological polar surface area (TPSA) is 49.5 Å². The minimum atomic E-state index is -0.284. The Kier molecular flexibility index (Phi) is 3.88. The van der Waals surface area contributed by atoms with Gasteiger partial charge in [-0.1, -0.05) is 13.3 Å². The first-order valence-electron chi connectivity index (χ1n) is 6.80. The number of likely N-dealkylation sites (tertiary alicyclic amines) is 1. The number of nitrogens with two attached hydrogens (primary N) is 1. The van der Waals surface area contributed by atoms with Gasteiger partial charge in [-0.05, 0) is 44.6 Å². The van der Waals surface area contributed by atoms with Crippen LogP contribution in [0.2, 0.25) is 0 Å². The van der Waals surface area contributed by atoms with Gasteiger partial charge in [-0.2, -0.15) is 0 Å². The molecule has 94 valence electrons. The molecule has 16 heavy (non-hydrogen) atoms. The fraction of sp³-hybridized carbons (Fsp3) is 1.00. The van der Waals surface area contributed by atoms with Crippen molar-refractivity contribution in [3.05, 3.63) is 0 Å². The summed E-state index contributed by atoms with van der Waals surface area (Å²) in [6, 6.07) is 0.638. The Balaban J connectivity index is 1.82. The molecule has 0 spiro atoms. The first kappa shape index (κ1) is 12.3. The van der Waals surface area contributed by atoms with Gasteiger partial charge in [0.15, 0.2) is 0 Å². The Hall–Kier alpha value is -0.120. The number of nitrogens with zero attached hydrogens (tertiary/aromatic N) is 1. The lowest BCUT2D eigenvalue weighted by molar-refractivity contribution is 0.178. The summed E-state index contributed by atoms with van der Waals surface area (Å²) < 4.78 is 0. The molecule has 1 aliphatic heterocycles. The third kappa shape index (κ3) is 2.58. The molecule has 1 heterocycles. The highest BCUT2D eigenvalue weighted by Gasteiger charge is 2.39. The van der Waals surface area contributed by atoms with Crippen LogP contribution in [0.3, 0.4) is 0 Å². The summed E-state index contributed by atoms with van der Waals surface area (Å²) in [5.74, 6) is 0.909. The van der Waals surface area contributed by atoms with Crippen molar-refractivity contribution in [3.8, 4) is 0 Å². The van der Waals surface area contributed by atoms with E-state index >= 15 is 0 Å². The number of aliphatic hydroxyl groups is 1. The molecule has 1 saturated heterocycles. The van der Waals surface area contributed by atoms with Crippen molar-refractivity contribution in [2.75, 3.05) is 19.7 Å². The summed E-state index contributed by atoms with van der Waals surface area (Å²) >= 11 is 0. The average Bonchev–Trinajstić information content (AvgIpc) is 2.86. The molecular formula is C13H26N2O. The Labute approximate surface area is 99.0 Å². The van der Waals surface area contributed by atoms with Gasteiger partial charge in [0.1, 0.15) is 0 Å². The van der Waals surface area contributed by atoms with Gasteiger partial charge in [0.2, 0.25) is 0 Å². The van der Waals surface area contributed by atoms with Crippen LogP contribution in [0.1, 0.15) is 45.4 Å². The van der Waals surface area contributed by atoms with E-state index in [0.717, 1.165) is 18.8 Å². The fourth-order valence-electron chi connectivity index (χ4n) is 3.42. The predicted octanol–water partition coefficient (Wildman–Crippen LogP) is 1.35. The number of hydrogen-bond acceptors (Lipinski definition) is 3. The molecule has 0 amide bonds. The van der Waals surface area contributed by atoms with E-state index in [0.29, 0.717) is 6.04 Å². The largest absolute Gasteiger partial charge is 0.394 e. The zero-order valence-corrected chi connectivity index (χ0v) is 10.5. The van der Waals surface area contributed by atoms with E-state index in [2.05, 4.69) is 11.8 Å². The van der Waals surface area contributed by atoms with E-state index in [1.807, 2.05) is 0 Å². The molecule has 0 aromatic rings. The molecule has 0 aromatic carbocycles. The van der Waals surface area contributed by atoms with Crippen molar-refractivity contribution in [1.82, 2.24) is 4.90 Å². The Morgan fingerprint density at radius 1 is 1.44 bits per heavy atom. The average molecular weight is 226 g/mol. The van der Waals surface area contributed by atoms with Crippen LogP contribution in [-0.2, 0) is 0 Å². The summed E-state index contributed by atoms with van der Waals surface area (Å²) in [5, 5.41) is 9.28. The number of rotatable bonds is 4. The lowest BCUT2D eigenvalue weighted by Crippen LogP contribution is -2.43. The molecule has 3 atom stereocenters. The minimum absolute atomic E-state index is 0.149. The van der Waals surface area contributed by atoms with Crippen molar-refractivity contribution < 1.29 is 5.11 Å². The molecule has 0 aromatic heterocycles. The number of hydrogen-bond donors (Lipinski definition) is 2. The molecule has 3 unspecified atom stereocenters. The van der Waals surface area contributed by atoms with E-state index in [1.165, 1.54) is 38.8 Å². The molecule has 1 saturated carbocycles. The van der Waals surface area contributed by atoms with Crippen molar-refractivity contribution in [3.63, 3.8) is 0 Å². The van der Waals surface area contributed by atoms with Gasteiger partial charge in [-0.25, -0.2) is 0 Å². The SMILES string of the molecule is CCCC1CCN(C2CCC(N)(CO)C2)C1. The molecule has 0 bridgehead atoms. The van der Waals surface area contributed by atoms with Crippen LogP contribution in [0.5, 0.6) is 0 Å². The maximum atomic E-state index is 9.28. The second-order valence-corrected chi connectivity index (χ2v) is 5.86. The smallest absolute Gasteiger partial charge is 0.0611 e. The first-order chi connectivity index (χ1) is 7.67. The van der Waals surface area contributed by atoms with E-state index < -0.39 is 0 Å². The van der Waals surface area contributed by atoms with Crippen molar-refractivity contribution in [2.45, 2.75) is 57.0 Å². The van der Waals surface area contributed by atoms with Crippen LogP contribution in [0.25, 0.3) is 0 Å². The maximum absolute atomic E-state index is 9.28. The molecule has 3 heteroatoms. The van der Waals surface area contributed by atoms with E-state index in [4.69, 9.17) is 5.73 Å². The van der Waals surface area contributed by atoms with Gasteiger partial charge < -0.3 is 15.7 Å². The van der Waals surface area contributed by atoms with Crippen LogP contribution >= 0.6 is 0 Å². The summed E-state index contributed by atoms with van der Waals surface area (Å²) in [4.78, 5) is 2.62. The van der Waals surface area contributed by atoms with Crippen LogP contribution < -0.4 is 5.73 Å². The second kappa shape index (κ2) is 5.03. The molecule has 1 aliphatic carbocycles. The molecule has 2 rings (SSSR count). The lowest BCUT2D eigenvalue weighted by atomic mass is 10.0. The fourth-order valence-corrected chi connectivity index (χ4v) is 3.42. The molecule has 2 fully saturated rings. The standard InChI is InChI=1S/C13H26N2O/c1-2-3-11-5-7-15(9-11)12-4-6-13(14,8-12)10-16/h11-12,16H,2-10,14H2,1H3. The van der Waals surface area contributed by atoms with Gasteiger partial charge in [0, 0.05) is 18.1 Å².